The molecule has 8 heteroatoms. The van der Waals surface area contributed by atoms with Gasteiger partial charge in [-0.25, -0.2) is 4.79 Å². The van der Waals surface area contributed by atoms with Crippen molar-refractivity contribution in [2.24, 2.45) is 0 Å². The molecule has 19 heavy (non-hydrogen) atoms. The summed E-state index contributed by atoms with van der Waals surface area (Å²) in [6.45, 7) is 0. The van der Waals surface area contributed by atoms with Crippen LogP contribution in [-0.2, 0) is 0 Å². The molecule has 1 N–H and O–H groups in total. The maximum absolute atomic E-state index is 11.1. The summed E-state index contributed by atoms with van der Waals surface area (Å²) in [5, 5.41) is 20.5. The molecule has 94 valence electrons. The highest BCUT2D eigenvalue weighted by molar-refractivity contribution is 7.09. The van der Waals surface area contributed by atoms with Crippen LogP contribution in [-0.4, -0.2) is 30.9 Å². The molecule has 0 saturated heterocycles. The molecule has 2 heterocycles. The van der Waals surface area contributed by atoms with Crippen LogP contribution in [0.5, 0.6) is 0 Å². The molecule has 3 aromatic rings. The van der Waals surface area contributed by atoms with Crippen LogP contribution in [0.4, 0.5) is 0 Å². The Morgan fingerprint density at radius 2 is 2.00 bits per heavy atom. The lowest BCUT2D eigenvalue weighted by atomic mass is 10.1. The van der Waals surface area contributed by atoms with Gasteiger partial charge < -0.3 is 9.52 Å². The third-order valence-electron chi connectivity index (χ3n) is 2.38. The van der Waals surface area contributed by atoms with Crippen molar-refractivity contribution in [3.8, 4) is 22.2 Å². The van der Waals surface area contributed by atoms with Crippen LogP contribution >= 0.6 is 11.5 Å². The Labute approximate surface area is 110 Å². The fourth-order valence-corrected chi connectivity index (χ4v) is 1.99. The molecule has 0 fully saturated rings. The van der Waals surface area contributed by atoms with E-state index >= 15 is 0 Å². The van der Waals surface area contributed by atoms with Gasteiger partial charge in [0.25, 0.3) is 5.89 Å². The molecule has 1 aromatic carbocycles. The van der Waals surface area contributed by atoms with Crippen LogP contribution in [0.3, 0.4) is 0 Å². The summed E-state index contributed by atoms with van der Waals surface area (Å²) in [4.78, 5) is 11.8. The molecule has 2 aromatic heterocycles. The Morgan fingerprint density at radius 1 is 1.21 bits per heavy atom. The van der Waals surface area contributed by atoms with E-state index in [1.165, 1.54) is 12.3 Å². The van der Waals surface area contributed by atoms with Crippen molar-refractivity contribution in [1.82, 2.24) is 19.8 Å². The molecule has 0 aliphatic carbocycles. The third kappa shape index (κ3) is 2.08. The molecular weight excluding hydrogens is 268 g/mol. The molecule has 0 aliphatic rings. The maximum Gasteiger partial charge on any atom is 0.336 e. The average Bonchev–Trinajstić information content (AvgIpc) is 3.09. The fraction of sp³-hybridized carbons (Fsp3) is 0. The van der Waals surface area contributed by atoms with Crippen molar-refractivity contribution >= 4 is 17.5 Å². The van der Waals surface area contributed by atoms with E-state index in [0.29, 0.717) is 10.4 Å². The van der Waals surface area contributed by atoms with Crippen LogP contribution in [0.15, 0.2) is 34.9 Å². The molecule has 0 unspecified atom stereocenters. The van der Waals surface area contributed by atoms with E-state index in [2.05, 4.69) is 19.8 Å². The minimum absolute atomic E-state index is 0.111. The quantitative estimate of drug-likeness (QED) is 0.778. The van der Waals surface area contributed by atoms with Crippen LogP contribution in [0, 0.1) is 0 Å². The molecule has 7 nitrogen and oxygen atoms in total. The second-order valence-electron chi connectivity index (χ2n) is 3.54. The van der Waals surface area contributed by atoms with E-state index in [1.54, 1.807) is 18.2 Å². The summed E-state index contributed by atoms with van der Waals surface area (Å²) in [5.41, 5.74) is 0.492. The van der Waals surface area contributed by atoms with Crippen molar-refractivity contribution in [1.29, 1.82) is 0 Å². The van der Waals surface area contributed by atoms with Gasteiger partial charge in [0.1, 0.15) is 4.88 Å². The zero-order valence-corrected chi connectivity index (χ0v) is 10.2. The number of aromatic nitrogens is 4. The third-order valence-corrected chi connectivity index (χ3v) is 3.04. The number of carboxylic acids is 1. The van der Waals surface area contributed by atoms with Crippen molar-refractivity contribution in [2.75, 3.05) is 0 Å². The van der Waals surface area contributed by atoms with Gasteiger partial charge in [-0.1, -0.05) is 16.6 Å². The van der Waals surface area contributed by atoms with E-state index in [9.17, 15) is 4.79 Å². The first-order valence-electron chi connectivity index (χ1n) is 5.19. The Bertz CT molecular complexity index is 723. The van der Waals surface area contributed by atoms with Gasteiger partial charge in [0, 0.05) is 0 Å². The standard InChI is InChI=1S/C11H6N4O3S/c16-11(17)7-4-2-1-3-6(7)9-13-14-10(18-9)8-5-12-15-19-8/h1-5H,(H,16,17). The Kier molecular flexibility index (Phi) is 2.76. The first-order chi connectivity index (χ1) is 9.25. The van der Waals surface area contributed by atoms with Crippen LogP contribution in [0.2, 0.25) is 0 Å². The fourth-order valence-electron chi connectivity index (χ4n) is 1.55. The summed E-state index contributed by atoms with van der Waals surface area (Å²) in [5.74, 6) is -0.624. The van der Waals surface area contributed by atoms with E-state index in [0.717, 1.165) is 11.5 Å². The van der Waals surface area contributed by atoms with Crippen LogP contribution in [0.1, 0.15) is 10.4 Å². The van der Waals surface area contributed by atoms with E-state index < -0.39 is 5.97 Å². The van der Waals surface area contributed by atoms with Gasteiger partial charge in [-0.3, -0.25) is 0 Å². The molecule has 0 spiro atoms. The van der Waals surface area contributed by atoms with Crippen molar-refractivity contribution in [3.05, 3.63) is 36.0 Å². The number of nitrogens with zero attached hydrogens (tertiary/aromatic N) is 4. The zero-order chi connectivity index (χ0) is 13.2. The molecular formula is C11H6N4O3S. The van der Waals surface area contributed by atoms with E-state index in [4.69, 9.17) is 9.52 Å². The van der Waals surface area contributed by atoms with Crippen molar-refractivity contribution in [3.63, 3.8) is 0 Å². The van der Waals surface area contributed by atoms with E-state index in [1.807, 2.05) is 0 Å². The molecule has 0 bridgehead atoms. The van der Waals surface area contributed by atoms with Gasteiger partial charge in [0.05, 0.1) is 17.3 Å². The second-order valence-corrected chi connectivity index (χ2v) is 4.33. The Morgan fingerprint density at radius 3 is 2.74 bits per heavy atom. The highest BCUT2D eigenvalue weighted by atomic mass is 32.1. The highest BCUT2D eigenvalue weighted by Gasteiger charge is 2.17. The first-order valence-corrected chi connectivity index (χ1v) is 5.97. The normalized spacial score (nSPS) is 10.5. The predicted molar refractivity (Wildman–Crippen MR) is 65.6 cm³/mol. The lowest BCUT2D eigenvalue weighted by Gasteiger charge is -1.99. The summed E-state index contributed by atoms with van der Waals surface area (Å²) < 4.78 is 9.15. The number of carbonyl (C=O) groups is 1. The summed E-state index contributed by atoms with van der Waals surface area (Å²) >= 11 is 1.12. The van der Waals surface area contributed by atoms with Gasteiger partial charge in [0.15, 0.2) is 0 Å². The number of benzene rings is 1. The average molecular weight is 274 g/mol. The van der Waals surface area contributed by atoms with Gasteiger partial charge >= 0.3 is 5.97 Å². The lowest BCUT2D eigenvalue weighted by Crippen LogP contribution is -1.98. The van der Waals surface area contributed by atoms with Gasteiger partial charge in [0.2, 0.25) is 5.89 Å². The predicted octanol–water partition coefficient (Wildman–Crippen LogP) is 1.95. The zero-order valence-electron chi connectivity index (χ0n) is 9.35. The van der Waals surface area contributed by atoms with Crippen molar-refractivity contribution in [2.45, 2.75) is 0 Å². The van der Waals surface area contributed by atoms with Gasteiger partial charge in [-0.05, 0) is 23.7 Å². The molecule has 0 amide bonds. The summed E-state index contributed by atoms with van der Waals surface area (Å²) in [7, 11) is 0. The molecule has 3 rings (SSSR count). The number of hydrogen-bond acceptors (Lipinski definition) is 7. The minimum Gasteiger partial charge on any atom is -0.478 e. The maximum atomic E-state index is 11.1. The van der Waals surface area contributed by atoms with Crippen molar-refractivity contribution < 1.29 is 14.3 Å². The van der Waals surface area contributed by atoms with Crippen LogP contribution in [0.25, 0.3) is 22.2 Å². The molecule has 0 radical (unpaired) electrons. The van der Waals surface area contributed by atoms with Crippen LogP contribution < -0.4 is 0 Å². The van der Waals surface area contributed by atoms with Gasteiger partial charge in [-0.15, -0.1) is 15.3 Å². The highest BCUT2D eigenvalue weighted by Crippen LogP contribution is 2.27. The molecule has 0 saturated carbocycles. The lowest BCUT2D eigenvalue weighted by molar-refractivity contribution is 0.0697. The Hall–Kier alpha value is -2.61. The number of aromatic carboxylic acids is 1. The smallest absolute Gasteiger partial charge is 0.336 e. The van der Waals surface area contributed by atoms with Gasteiger partial charge in [-0.2, -0.15) is 0 Å². The molecule has 0 atom stereocenters. The topological polar surface area (TPSA) is 102 Å². The number of carboxylic acid groups (broad SMARTS) is 1. The SMILES string of the molecule is O=C(O)c1ccccc1-c1nnc(-c2cnns2)o1. The summed E-state index contributed by atoms with van der Waals surface area (Å²) in [6, 6.07) is 6.44. The summed E-state index contributed by atoms with van der Waals surface area (Å²) in [6.07, 6.45) is 1.51. The number of rotatable bonds is 3. The second kappa shape index (κ2) is 4.58. The monoisotopic (exact) mass is 274 g/mol. The number of hydrogen-bond donors (Lipinski definition) is 1. The van der Waals surface area contributed by atoms with E-state index in [-0.39, 0.29) is 17.3 Å². The largest absolute Gasteiger partial charge is 0.478 e. The first kappa shape index (κ1) is 11.5. The molecule has 0 aliphatic heterocycles. The Balaban J connectivity index is 2.06. The minimum atomic E-state index is -1.05.